The average Bonchev–Trinajstić information content (AvgIpc) is 2.85. The molecule has 0 amide bonds. The number of aliphatic hydroxyl groups excluding tert-OH is 1. The van der Waals surface area contributed by atoms with Crippen molar-refractivity contribution < 1.29 is 23.1 Å². The number of carbonyl (C=O) groups is 1. The molecule has 1 N–H and O–H groups in total. The minimum atomic E-state index is -3.94. The fourth-order valence-electron chi connectivity index (χ4n) is 2.53. The van der Waals surface area contributed by atoms with Crippen LogP contribution in [0.3, 0.4) is 0 Å². The van der Waals surface area contributed by atoms with Crippen LogP contribution in [-0.4, -0.2) is 37.5 Å². The molecule has 0 saturated heterocycles. The number of hydrogen-bond donors (Lipinski definition) is 1. The Labute approximate surface area is 137 Å². The van der Waals surface area contributed by atoms with Crippen molar-refractivity contribution in [3.8, 4) is 0 Å². The van der Waals surface area contributed by atoms with Crippen LogP contribution in [0.5, 0.6) is 0 Å². The van der Waals surface area contributed by atoms with E-state index in [1.165, 1.54) is 7.05 Å². The summed E-state index contributed by atoms with van der Waals surface area (Å²) in [6.07, 6.45) is 0. The molecule has 2 aromatic rings. The zero-order chi connectivity index (χ0) is 16.9. The first-order chi connectivity index (χ1) is 10.8. The van der Waals surface area contributed by atoms with Crippen molar-refractivity contribution in [1.82, 2.24) is 4.31 Å². The van der Waals surface area contributed by atoms with Crippen LogP contribution in [0.25, 0.3) is 15.8 Å². The maximum atomic E-state index is 12.8. The first-order valence-electron chi connectivity index (χ1n) is 6.91. The van der Waals surface area contributed by atoms with Crippen LogP contribution < -0.4 is 0 Å². The molecule has 8 heteroatoms. The highest BCUT2D eigenvalue weighted by Crippen LogP contribution is 2.44. The molecule has 122 valence electrons. The van der Waals surface area contributed by atoms with E-state index in [0.29, 0.717) is 5.39 Å². The molecule has 1 aliphatic rings. The van der Waals surface area contributed by atoms with E-state index < -0.39 is 16.0 Å². The first kappa shape index (κ1) is 15.8. The number of carbonyl (C=O) groups excluding carboxylic acids is 1. The van der Waals surface area contributed by atoms with Gasteiger partial charge in [-0.1, -0.05) is 12.1 Å². The van der Waals surface area contributed by atoms with E-state index >= 15 is 0 Å². The second-order valence-electron chi connectivity index (χ2n) is 5.15. The van der Waals surface area contributed by atoms with E-state index in [2.05, 4.69) is 0 Å². The first-order valence-corrected chi connectivity index (χ1v) is 9.17. The molecule has 1 aliphatic heterocycles. The molecule has 0 spiro atoms. The van der Waals surface area contributed by atoms with Crippen LogP contribution in [0.4, 0.5) is 0 Å². The molecule has 2 heterocycles. The van der Waals surface area contributed by atoms with Crippen molar-refractivity contribution >= 4 is 43.2 Å². The third-order valence-electron chi connectivity index (χ3n) is 3.64. The monoisotopic (exact) mass is 353 g/mol. The zero-order valence-corrected chi connectivity index (χ0v) is 14.4. The summed E-state index contributed by atoms with van der Waals surface area (Å²) < 4.78 is 32.0. The van der Waals surface area contributed by atoms with Crippen LogP contribution in [0.15, 0.2) is 28.8 Å². The highest BCUT2D eigenvalue weighted by Gasteiger charge is 2.41. The van der Waals surface area contributed by atoms with Crippen molar-refractivity contribution in [2.24, 2.45) is 0 Å². The van der Waals surface area contributed by atoms with Gasteiger partial charge < -0.3 is 9.84 Å². The molecule has 0 atom stereocenters. The lowest BCUT2D eigenvalue weighted by atomic mass is 10.2. The van der Waals surface area contributed by atoms with Crippen molar-refractivity contribution in [2.45, 2.75) is 18.7 Å². The van der Waals surface area contributed by atoms with Crippen LogP contribution in [-0.2, 0) is 19.6 Å². The quantitative estimate of drug-likeness (QED) is 0.839. The van der Waals surface area contributed by atoms with Crippen LogP contribution in [0.1, 0.15) is 17.4 Å². The van der Waals surface area contributed by atoms with Crippen LogP contribution >= 0.6 is 11.3 Å². The average molecular weight is 353 g/mol. The minimum Gasteiger partial charge on any atom is -0.504 e. The topological polar surface area (TPSA) is 83.9 Å². The lowest BCUT2D eigenvalue weighted by Gasteiger charge is -2.26. The Kier molecular flexibility index (Phi) is 3.61. The number of sulfonamides is 1. The Balaban J connectivity index is 2.37. The molecule has 23 heavy (non-hydrogen) atoms. The maximum absolute atomic E-state index is 12.8. The van der Waals surface area contributed by atoms with E-state index in [0.717, 1.165) is 25.9 Å². The van der Waals surface area contributed by atoms with Gasteiger partial charge in [0, 0.05) is 17.1 Å². The summed E-state index contributed by atoms with van der Waals surface area (Å²) in [6, 6.07) is 5.38. The molecule has 0 fully saturated rings. The second kappa shape index (κ2) is 5.24. The normalized spacial score (nSPS) is 16.6. The number of aryl methyl sites for hydroxylation is 1. The smallest absolute Gasteiger partial charge is 0.359 e. The largest absolute Gasteiger partial charge is 0.504 e. The number of rotatable bonds is 2. The van der Waals surface area contributed by atoms with Gasteiger partial charge in [-0.15, -0.1) is 11.3 Å². The number of nitrogens with zero attached hydrogens (tertiary/aromatic N) is 1. The molecular formula is C15H15NO5S2. The summed E-state index contributed by atoms with van der Waals surface area (Å²) >= 11 is 1.14. The van der Waals surface area contributed by atoms with E-state index in [-0.39, 0.29) is 27.8 Å². The van der Waals surface area contributed by atoms with Gasteiger partial charge in [-0.05, 0) is 25.5 Å². The molecule has 0 aliphatic carbocycles. The summed E-state index contributed by atoms with van der Waals surface area (Å²) in [7, 11) is -2.70. The summed E-state index contributed by atoms with van der Waals surface area (Å²) in [6.45, 7) is 3.60. The van der Waals surface area contributed by atoms with Gasteiger partial charge in [-0.25, -0.2) is 13.2 Å². The number of ether oxygens (including phenoxy) is 1. The molecule has 1 aromatic carbocycles. The number of esters is 1. The number of hydrogen-bond acceptors (Lipinski definition) is 6. The number of aliphatic hydroxyl groups is 1. The van der Waals surface area contributed by atoms with Gasteiger partial charge in [0.1, 0.15) is 4.90 Å². The molecule has 6 nitrogen and oxygen atoms in total. The predicted octanol–water partition coefficient (Wildman–Crippen LogP) is 2.63. The van der Waals surface area contributed by atoms with E-state index in [1.54, 1.807) is 13.0 Å². The fourth-order valence-corrected chi connectivity index (χ4v) is 5.64. The highest BCUT2D eigenvalue weighted by atomic mass is 32.2. The van der Waals surface area contributed by atoms with Crippen molar-refractivity contribution in [3.63, 3.8) is 0 Å². The Morgan fingerprint density at radius 1 is 1.39 bits per heavy atom. The summed E-state index contributed by atoms with van der Waals surface area (Å²) in [5, 5.41) is 11.0. The number of thiophene rings is 1. The number of likely N-dealkylation sites (N-methyl/N-ethyl adjacent to an activating group) is 1. The molecule has 3 rings (SSSR count). The molecule has 0 saturated carbocycles. The number of fused-ring (bicyclic) bond motifs is 3. The standard InChI is InChI=1S/C15H15NO5S2/c1-4-21-15(18)11-12(17)13-14(23(19,20)16(11)3)9-6-5-8(2)7-10(9)22-13/h5-7,17H,4H2,1-3H3. The lowest BCUT2D eigenvalue weighted by Crippen LogP contribution is -2.35. The summed E-state index contributed by atoms with van der Waals surface area (Å²) in [5.41, 5.74) is 0.624. The molecule has 0 radical (unpaired) electrons. The molecule has 1 aromatic heterocycles. The van der Waals surface area contributed by atoms with Gasteiger partial charge in [0.05, 0.1) is 11.5 Å². The van der Waals surface area contributed by atoms with Gasteiger partial charge in [-0.3, -0.25) is 4.31 Å². The number of benzene rings is 1. The SMILES string of the molecule is CCOC(=O)C1=C(O)c2sc3cc(C)ccc3c2S(=O)(=O)N1C. The molecule has 0 unspecified atom stereocenters. The highest BCUT2D eigenvalue weighted by molar-refractivity contribution is 7.89. The molecular weight excluding hydrogens is 338 g/mol. The maximum Gasteiger partial charge on any atom is 0.359 e. The summed E-state index contributed by atoms with van der Waals surface area (Å²) in [4.78, 5) is 12.3. The van der Waals surface area contributed by atoms with E-state index in [9.17, 15) is 18.3 Å². The Morgan fingerprint density at radius 2 is 2.09 bits per heavy atom. The van der Waals surface area contributed by atoms with Gasteiger partial charge in [0.15, 0.2) is 11.5 Å². The lowest BCUT2D eigenvalue weighted by molar-refractivity contribution is -0.139. The predicted molar refractivity (Wildman–Crippen MR) is 87.7 cm³/mol. The van der Waals surface area contributed by atoms with Crippen molar-refractivity contribution in [2.75, 3.05) is 13.7 Å². The third kappa shape index (κ3) is 2.21. The van der Waals surface area contributed by atoms with E-state index in [4.69, 9.17) is 4.74 Å². The van der Waals surface area contributed by atoms with Gasteiger partial charge in [0.25, 0.3) is 10.0 Å². The Bertz CT molecular complexity index is 956. The van der Waals surface area contributed by atoms with Crippen molar-refractivity contribution in [3.05, 3.63) is 34.3 Å². The van der Waals surface area contributed by atoms with Gasteiger partial charge in [-0.2, -0.15) is 0 Å². The zero-order valence-electron chi connectivity index (χ0n) is 12.8. The second-order valence-corrected chi connectivity index (χ2v) is 8.11. The van der Waals surface area contributed by atoms with Gasteiger partial charge in [0.2, 0.25) is 0 Å². The third-order valence-corrected chi connectivity index (χ3v) is 6.77. The van der Waals surface area contributed by atoms with Crippen molar-refractivity contribution in [1.29, 1.82) is 0 Å². The minimum absolute atomic E-state index is 0.0329. The van der Waals surface area contributed by atoms with Crippen LogP contribution in [0, 0.1) is 6.92 Å². The van der Waals surface area contributed by atoms with Crippen LogP contribution in [0.2, 0.25) is 0 Å². The Morgan fingerprint density at radius 3 is 2.74 bits per heavy atom. The fraction of sp³-hybridized carbons (Fsp3) is 0.267. The Hall–Kier alpha value is -2.06. The van der Waals surface area contributed by atoms with E-state index in [1.807, 2.05) is 19.1 Å². The summed E-state index contributed by atoms with van der Waals surface area (Å²) in [5.74, 6) is -1.23. The molecule has 0 bridgehead atoms. The van der Waals surface area contributed by atoms with Gasteiger partial charge >= 0.3 is 5.97 Å².